The summed E-state index contributed by atoms with van der Waals surface area (Å²) in [5.41, 5.74) is 1.65. The topological polar surface area (TPSA) is 70.9 Å². The highest BCUT2D eigenvalue weighted by molar-refractivity contribution is 6.30. The summed E-state index contributed by atoms with van der Waals surface area (Å²) in [5.74, 6) is 1.25. The van der Waals surface area contributed by atoms with Gasteiger partial charge in [-0.15, -0.1) is 0 Å². The molecule has 7 nitrogen and oxygen atoms in total. The Labute approximate surface area is 165 Å². The molecule has 0 aliphatic heterocycles. The van der Waals surface area contributed by atoms with E-state index in [2.05, 4.69) is 15.6 Å². The van der Waals surface area contributed by atoms with Crippen LogP contribution in [-0.2, 0) is 13.6 Å². The van der Waals surface area contributed by atoms with Crippen LogP contribution in [0.4, 0.5) is 0 Å². The molecule has 0 atom stereocenters. The number of rotatable bonds is 7. The second-order valence-corrected chi connectivity index (χ2v) is 6.51. The van der Waals surface area contributed by atoms with Crippen LogP contribution in [0.5, 0.6) is 5.75 Å². The Morgan fingerprint density at radius 3 is 2.67 bits per heavy atom. The Morgan fingerprint density at radius 1 is 1.30 bits per heavy atom. The Hall–Kier alpha value is -2.67. The third-order valence-corrected chi connectivity index (χ3v) is 4.28. The van der Waals surface area contributed by atoms with Crippen molar-refractivity contribution in [1.29, 1.82) is 0 Å². The molecule has 0 unspecified atom stereocenters. The van der Waals surface area contributed by atoms with Gasteiger partial charge >= 0.3 is 0 Å². The van der Waals surface area contributed by atoms with Gasteiger partial charge in [-0.1, -0.05) is 17.7 Å². The standard InChI is InChI=1S/C19H26ClN5O2/c1-21-19(25(3)13-16-11-15(20)12-24(16)2)23-9-8-22-18(26)14-6-5-7-17(10-14)27-4/h5-7,10-12H,8-9,13H2,1-4H3,(H,21,23)(H,22,26). The molecule has 0 radical (unpaired) electrons. The van der Waals surface area contributed by atoms with Gasteiger partial charge in [-0.2, -0.15) is 0 Å². The summed E-state index contributed by atoms with van der Waals surface area (Å²) in [6.45, 7) is 1.69. The first kappa shape index (κ1) is 20.6. The van der Waals surface area contributed by atoms with Gasteiger partial charge in [-0.3, -0.25) is 9.79 Å². The number of carbonyl (C=O) groups excluding carboxylic acids is 1. The predicted molar refractivity (Wildman–Crippen MR) is 109 cm³/mol. The van der Waals surface area contributed by atoms with Crippen LogP contribution in [0.3, 0.4) is 0 Å². The van der Waals surface area contributed by atoms with Gasteiger partial charge < -0.3 is 24.8 Å². The zero-order valence-corrected chi connectivity index (χ0v) is 16.9. The monoisotopic (exact) mass is 391 g/mol. The highest BCUT2D eigenvalue weighted by Crippen LogP contribution is 2.14. The summed E-state index contributed by atoms with van der Waals surface area (Å²) < 4.78 is 7.12. The van der Waals surface area contributed by atoms with Crippen molar-refractivity contribution in [1.82, 2.24) is 20.1 Å². The summed E-state index contributed by atoms with van der Waals surface area (Å²) in [6.07, 6.45) is 1.87. The second kappa shape index (κ2) is 9.87. The number of aryl methyl sites for hydroxylation is 1. The summed E-state index contributed by atoms with van der Waals surface area (Å²) in [5, 5.41) is 6.83. The summed E-state index contributed by atoms with van der Waals surface area (Å²) in [4.78, 5) is 18.5. The van der Waals surface area contributed by atoms with Gasteiger partial charge in [0.2, 0.25) is 0 Å². The van der Waals surface area contributed by atoms with Crippen molar-refractivity contribution in [3.05, 3.63) is 52.8 Å². The summed E-state index contributed by atoms with van der Waals surface area (Å²) >= 11 is 6.03. The van der Waals surface area contributed by atoms with E-state index < -0.39 is 0 Å². The van der Waals surface area contributed by atoms with Crippen LogP contribution in [0.1, 0.15) is 16.1 Å². The maximum atomic E-state index is 12.2. The van der Waals surface area contributed by atoms with E-state index in [0.717, 1.165) is 11.7 Å². The number of guanidine groups is 1. The highest BCUT2D eigenvalue weighted by Gasteiger charge is 2.10. The Balaban J connectivity index is 1.80. The molecule has 1 aromatic heterocycles. The van der Waals surface area contributed by atoms with Crippen LogP contribution in [0, 0.1) is 0 Å². The first-order valence-electron chi connectivity index (χ1n) is 8.59. The van der Waals surface area contributed by atoms with Gasteiger partial charge in [0, 0.05) is 51.7 Å². The Bertz CT molecular complexity index is 803. The molecule has 146 valence electrons. The Kier molecular flexibility index (Phi) is 7.55. The lowest BCUT2D eigenvalue weighted by molar-refractivity contribution is 0.0954. The lowest BCUT2D eigenvalue weighted by Gasteiger charge is -2.22. The van der Waals surface area contributed by atoms with Crippen molar-refractivity contribution in [3.8, 4) is 5.75 Å². The SMILES string of the molecule is CN=C(NCCNC(=O)c1cccc(OC)c1)N(C)Cc1cc(Cl)cn1C. The van der Waals surface area contributed by atoms with Crippen LogP contribution in [-0.4, -0.2) is 55.6 Å². The molecule has 0 saturated carbocycles. The third-order valence-electron chi connectivity index (χ3n) is 4.07. The molecule has 0 aliphatic carbocycles. The van der Waals surface area contributed by atoms with E-state index in [-0.39, 0.29) is 5.91 Å². The predicted octanol–water partition coefficient (Wildman–Crippen LogP) is 2.12. The van der Waals surface area contributed by atoms with Crippen LogP contribution in [0.2, 0.25) is 5.02 Å². The minimum atomic E-state index is -0.141. The number of carbonyl (C=O) groups is 1. The van der Waals surface area contributed by atoms with Gasteiger partial charge in [0.05, 0.1) is 18.7 Å². The van der Waals surface area contributed by atoms with E-state index in [9.17, 15) is 4.79 Å². The van der Waals surface area contributed by atoms with E-state index in [1.165, 1.54) is 0 Å². The van der Waals surface area contributed by atoms with Crippen molar-refractivity contribution in [2.45, 2.75) is 6.54 Å². The fourth-order valence-electron chi connectivity index (χ4n) is 2.64. The zero-order valence-electron chi connectivity index (χ0n) is 16.1. The maximum absolute atomic E-state index is 12.2. The number of hydrogen-bond donors (Lipinski definition) is 2. The molecule has 8 heteroatoms. The van der Waals surface area contributed by atoms with Gasteiger partial charge in [0.25, 0.3) is 5.91 Å². The fraction of sp³-hybridized carbons (Fsp3) is 0.368. The second-order valence-electron chi connectivity index (χ2n) is 6.08. The average molecular weight is 392 g/mol. The quantitative estimate of drug-likeness (QED) is 0.431. The van der Waals surface area contributed by atoms with Crippen molar-refractivity contribution < 1.29 is 9.53 Å². The number of amides is 1. The molecule has 1 aromatic carbocycles. The molecule has 2 rings (SSSR count). The van der Waals surface area contributed by atoms with Gasteiger partial charge in [0.1, 0.15) is 5.75 Å². The molecule has 1 heterocycles. The van der Waals surface area contributed by atoms with Gasteiger partial charge in [0.15, 0.2) is 5.96 Å². The zero-order chi connectivity index (χ0) is 19.8. The highest BCUT2D eigenvalue weighted by atomic mass is 35.5. The maximum Gasteiger partial charge on any atom is 0.251 e. The number of benzene rings is 1. The number of nitrogens with one attached hydrogen (secondary N) is 2. The van der Waals surface area contributed by atoms with E-state index in [1.807, 2.05) is 35.8 Å². The van der Waals surface area contributed by atoms with Gasteiger partial charge in [-0.05, 0) is 24.3 Å². The smallest absolute Gasteiger partial charge is 0.251 e. The number of halogens is 1. The first-order valence-corrected chi connectivity index (χ1v) is 8.97. The molecule has 1 amide bonds. The lowest BCUT2D eigenvalue weighted by Crippen LogP contribution is -2.42. The van der Waals surface area contributed by atoms with Crippen LogP contribution < -0.4 is 15.4 Å². The van der Waals surface area contributed by atoms with Crippen molar-refractivity contribution in [3.63, 3.8) is 0 Å². The van der Waals surface area contributed by atoms with Crippen molar-refractivity contribution in [2.24, 2.45) is 12.0 Å². The molecule has 27 heavy (non-hydrogen) atoms. The summed E-state index contributed by atoms with van der Waals surface area (Å²) in [7, 11) is 7.21. The molecular formula is C19H26ClN5O2. The normalized spacial score (nSPS) is 11.2. The molecule has 0 aliphatic rings. The molecule has 0 saturated heterocycles. The largest absolute Gasteiger partial charge is 0.497 e. The molecule has 2 aromatic rings. The average Bonchev–Trinajstić information content (AvgIpc) is 2.98. The number of hydrogen-bond acceptors (Lipinski definition) is 3. The summed E-state index contributed by atoms with van der Waals surface area (Å²) in [6, 6.07) is 8.99. The van der Waals surface area contributed by atoms with Crippen LogP contribution in [0.25, 0.3) is 0 Å². The molecule has 0 spiro atoms. The minimum Gasteiger partial charge on any atom is -0.497 e. The van der Waals surface area contributed by atoms with E-state index in [4.69, 9.17) is 16.3 Å². The third kappa shape index (κ3) is 5.92. The Morgan fingerprint density at radius 2 is 2.04 bits per heavy atom. The number of aliphatic imine (C=N–C) groups is 1. The van der Waals surface area contributed by atoms with E-state index in [0.29, 0.717) is 36.0 Å². The molecular weight excluding hydrogens is 366 g/mol. The van der Waals surface area contributed by atoms with Gasteiger partial charge in [-0.25, -0.2) is 0 Å². The van der Waals surface area contributed by atoms with Crippen molar-refractivity contribution >= 4 is 23.5 Å². The number of ether oxygens (including phenoxy) is 1. The van der Waals surface area contributed by atoms with Crippen LogP contribution in [0.15, 0.2) is 41.5 Å². The number of aromatic nitrogens is 1. The molecule has 0 bridgehead atoms. The lowest BCUT2D eigenvalue weighted by atomic mass is 10.2. The fourth-order valence-corrected chi connectivity index (χ4v) is 2.91. The molecule has 2 N–H and O–H groups in total. The van der Waals surface area contributed by atoms with E-state index in [1.54, 1.807) is 38.4 Å². The first-order chi connectivity index (χ1) is 12.9. The minimum absolute atomic E-state index is 0.141. The molecule has 0 fully saturated rings. The number of methoxy groups -OCH3 is 1. The van der Waals surface area contributed by atoms with Crippen LogP contribution >= 0.6 is 11.6 Å². The van der Waals surface area contributed by atoms with Crippen molar-refractivity contribution in [2.75, 3.05) is 34.3 Å². The number of nitrogens with zero attached hydrogens (tertiary/aromatic N) is 3. The van der Waals surface area contributed by atoms with E-state index >= 15 is 0 Å².